The average molecular weight is 224 g/mol. The van der Waals surface area contributed by atoms with Crippen LogP contribution in [-0.4, -0.2) is 37.4 Å². The van der Waals surface area contributed by atoms with E-state index in [1.165, 1.54) is 0 Å². The third-order valence-electron chi connectivity index (χ3n) is 2.49. The molecule has 0 radical (unpaired) electrons. The Kier molecular flexibility index (Phi) is 5.22. The molecule has 0 bridgehead atoms. The van der Waals surface area contributed by atoms with Gasteiger partial charge in [0, 0.05) is 33.5 Å². The van der Waals surface area contributed by atoms with Crippen molar-refractivity contribution >= 4 is 5.82 Å². The second kappa shape index (κ2) is 6.45. The van der Waals surface area contributed by atoms with Crippen molar-refractivity contribution < 1.29 is 9.84 Å². The van der Waals surface area contributed by atoms with E-state index < -0.39 is 6.10 Å². The van der Waals surface area contributed by atoms with E-state index in [9.17, 15) is 5.11 Å². The van der Waals surface area contributed by atoms with Gasteiger partial charge in [0.1, 0.15) is 5.82 Å². The van der Waals surface area contributed by atoms with Crippen LogP contribution in [0.4, 0.5) is 5.82 Å². The quantitative estimate of drug-likeness (QED) is 0.746. The molecule has 1 atom stereocenters. The highest BCUT2D eigenvalue weighted by Gasteiger charge is 2.06. The van der Waals surface area contributed by atoms with Gasteiger partial charge in [-0.2, -0.15) is 0 Å². The molecule has 16 heavy (non-hydrogen) atoms. The molecule has 0 spiro atoms. The topological polar surface area (TPSA) is 45.6 Å². The van der Waals surface area contributed by atoms with Crippen LogP contribution < -0.4 is 4.90 Å². The van der Waals surface area contributed by atoms with Crippen molar-refractivity contribution in [1.29, 1.82) is 0 Å². The lowest BCUT2D eigenvalue weighted by Crippen LogP contribution is -2.21. The number of aliphatic hydroxyl groups is 1. The van der Waals surface area contributed by atoms with Crippen LogP contribution in [0, 0.1) is 0 Å². The number of rotatable bonds is 6. The predicted octanol–water partition coefficient (Wildman–Crippen LogP) is 1.61. The number of nitrogens with zero attached hydrogens (tertiary/aromatic N) is 2. The van der Waals surface area contributed by atoms with Gasteiger partial charge in [0.2, 0.25) is 0 Å². The molecule has 4 heteroatoms. The molecule has 0 saturated heterocycles. The molecular weight excluding hydrogens is 204 g/mol. The summed E-state index contributed by atoms with van der Waals surface area (Å²) >= 11 is 0. The predicted molar refractivity (Wildman–Crippen MR) is 64.6 cm³/mol. The highest BCUT2D eigenvalue weighted by atomic mass is 16.5. The summed E-state index contributed by atoms with van der Waals surface area (Å²) in [5, 5.41) is 9.48. The van der Waals surface area contributed by atoms with E-state index in [-0.39, 0.29) is 0 Å². The summed E-state index contributed by atoms with van der Waals surface area (Å²) in [4.78, 5) is 6.33. The van der Waals surface area contributed by atoms with Crippen molar-refractivity contribution in [1.82, 2.24) is 4.98 Å². The van der Waals surface area contributed by atoms with Gasteiger partial charge in [-0.1, -0.05) is 0 Å². The van der Waals surface area contributed by atoms with Crippen molar-refractivity contribution in [2.75, 3.05) is 32.2 Å². The van der Waals surface area contributed by atoms with Crippen LogP contribution in [0.3, 0.4) is 0 Å². The Morgan fingerprint density at radius 3 is 2.94 bits per heavy atom. The van der Waals surface area contributed by atoms with Crippen LogP contribution in [0.5, 0.6) is 0 Å². The van der Waals surface area contributed by atoms with Crippen LogP contribution >= 0.6 is 0 Å². The standard InChI is InChI=1S/C12H20N2O2/c1-10(15)11-5-6-13-12(9-11)14(2)7-4-8-16-3/h5-6,9-10,15H,4,7-8H2,1-3H3/t10-/m1/s1. The molecule has 1 heterocycles. The largest absolute Gasteiger partial charge is 0.389 e. The minimum absolute atomic E-state index is 0.450. The first-order valence-corrected chi connectivity index (χ1v) is 5.49. The number of aliphatic hydroxyl groups excluding tert-OH is 1. The van der Waals surface area contributed by atoms with Crippen molar-refractivity contribution in [3.63, 3.8) is 0 Å². The molecule has 0 fully saturated rings. The Labute approximate surface area is 96.9 Å². The second-order valence-corrected chi connectivity index (χ2v) is 3.89. The first kappa shape index (κ1) is 12.9. The van der Waals surface area contributed by atoms with Gasteiger partial charge in [-0.05, 0) is 31.0 Å². The van der Waals surface area contributed by atoms with Crippen LogP contribution in [0.25, 0.3) is 0 Å². The summed E-state index contributed by atoms with van der Waals surface area (Å²) < 4.78 is 5.00. The van der Waals surface area contributed by atoms with Gasteiger partial charge in [-0.3, -0.25) is 0 Å². The smallest absolute Gasteiger partial charge is 0.128 e. The lowest BCUT2D eigenvalue weighted by molar-refractivity contribution is 0.196. The van der Waals surface area contributed by atoms with Crippen molar-refractivity contribution in [3.8, 4) is 0 Å². The fourth-order valence-corrected chi connectivity index (χ4v) is 1.46. The fourth-order valence-electron chi connectivity index (χ4n) is 1.46. The van der Waals surface area contributed by atoms with E-state index in [0.717, 1.165) is 31.0 Å². The number of methoxy groups -OCH3 is 1. The van der Waals surface area contributed by atoms with Crippen LogP contribution in [0.1, 0.15) is 25.0 Å². The minimum Gasteiger partial charge on any atom is -0.389 e. The number of aromatic nitrogens is 1. The molecule has 0 unspecified atom stereocenters. The normalized spacial score (nSPS) is 12.5. The Hall–Kier alpha value is -1.13. The van der Waals surface area contributed by atoms with E-state index in [1.807, 2.05) is 19.2 Å². The first-order valence-electron chi connectivity index (χ1n) is 5.49. The van der Waals surface area contributed by atoms with Crippen molar-refractivity contribution in [2.45, 2.75) is 19.4 Å². The molecule has 0 aliphatic carbocycles. The Balaban J connectivity index is 2.60. The first-order chi connectivity index (χ1) is 7.65. The third-order valence-corrected chi connectivity index (χ3v) is 2.49. The van der Waals surface area contributed by atoms with Gasteiger partial charge < -0.3 is 14.7 Å². The minimum atomic E-state index is -0.450. The Bertz CT molecular complexity index is 316. The van der Waals surface area contributed by atoms with Crippen LogP contribution in [0.15, 0.2) is 18.3 Å². The molecule has 0 saturated carbocycles. The SMILES string of the molecule is COCCCN(C)c1cc([C@@H](C)O)ccn1. The fraction of sp³-hybridized carbons (Fsp3) is 0.583. The van der Waals surface area contributed by atoms with E-state index in [4.69, 9.17) is 4.74 Å². The van der Waals surface area contributed by atoms with Crippen LogP contribution in [-0.2, 0) is 4.74 Å². The molecule has 0 aliphatic heterocycles. The van der Waals surface area contributed by atoms with E-state index in [1.54, 1.807) is 20.2 Å². The zero-order valence-electron chi connectivity index (χ0n) is 10.2. The number of hydrogen-bond acceptors (Lipinski definition) is 4. The summed E-state index contributed by atoms with van der Waals surface area (Å²) in [6.45, 7) is 3.40. The van der Waals surface area contributed by atoms with Gasteiger partial charge in [0.05, 0.1) is 6.10 Å². The number of ether oxygens (including phenoxy) is 1. The number of anilines is 1. The summed E-state index contributed by atoms with van der Waals surface area (Å²) in [6, 6.07) is 3.74. The highest BCUT2D eigenvalue weighted by Crippen LogP contribution is 2.16. The van der Waals surface area contributed by atoms with E-state index in [2.05, 4.69) is 9.88 Å². The number of hydrogen-bond donors (Lipinski definition) is 1. The molecule has 1 N–H and O–H groups in total. The summed E-state index contributed by atoms with van der Waals surface area (Å²) in [6.07, 6.45) is 2.24. The van der Waals surface area contributed by atoms with Crippen molar-refractivity contribution in [3.05, 3.63) is 23.9 Å². The second-order valence-electron chi connectivity index (χ2n) is 3.89. The zero-order chi connectivity index (χ0) is 12.0. The maximum Gasteiger partial charge on any atom is 0.128 e. The molecular formula is C12H20N2O2. The molecule has 0 amide bonds. The van der Waals surface area contributed by atoms with Crippen LogP contribution in [0.2, 0.25) is 0 Å². The van der Waals surface area contributed by atoms with Gasteiger partial charge in [-0.25, -0.2) is 4.98 Å². The van der Waals surface area contributed by atoms with Gasteiger partial charge in [-0.15, -0.1) is 0 Å². The van der Waals surface area contributed by atoms with E-state index in [0.29, 0.717) is 0 Å². The summed E-state index contributed by atoms with van der Waals surface area (Å²) in [7, 11) is 3.69. The maximum absolute atomic E-state index is 9.48. The van der Waals surface area contributed by atoms with Gasteiger partial charge in [0.15, 0.2) is 0 Å². The highest BCUT2D eigenvalue weighted by molar-refractivity contribution is 5.40. The molecule has 0 aromatic carbocycles. The lowest BCUT2D eigenvalue weighted by atomic mass is 10.1. The van der Waals surface area contributed by atoms with Gasteiger partial charge >= 0.3 is 0 Å². The van der Waals surface area contributed by atoms with Gasteiger partial charge in [0.25, 0.3) is 0 Å². The Morgan fingerprint density at radius 2 is 2.31 bits per heavy atom. The summed E-state index contributed by atoms with van der Waals surface area (Å²) in [5.41, 5.74) is 0.892. The Morgan fingerprint density at radius 1 is 1.56 bits per heavy atom. The van der Waals surface area contributed by atoms with Crippen molar-refractivity contribution in [2.24, 2.45) is 0 Å². The average Bonchev–Trinajstić information content (AvgIpc) is 2.29. The third kappa shape index (κ3) is 3.79. The molecule has 1 aromatic rings. The zero-order valence-corrected chi connectivity index (χ0v) is 10.2. The maximum atomic E-state index is 9.48. The monoisotopic (exact) mass is 224 g/mol. The number of pyridine rings is 1. The molecule has 0 aliphatic rings. The lowest BCUT2D eigenvalue weighted by Gasteiger charge is -2.18. The molecule has 90 valence electrons. The molecule has 4 nitrogen and oxygen atoms in total. The molecule has 1 rings (SSSR count). The van der Waals surface area contributed by atoms with E-state index >= 15 is 0 Å². The molecule has 1 aromatic heterocycles. The summed E-state index contributed by atoms with van der Waals surface area (Å²) in [5.74, 6) is 0.884.